The molecule has 0 saturated heterocycles. The van der Waals surface area contributed by atoms with Crippen molar-refractivity contribution in [3.05, 3.63) is 64.2 Å². The average molecular weight is 369 g/mol. The third-order valence-corrected chi connectivity index (χ3v) is 5.58. The molecule has 2 aromatic carbocycles. The first-order chi connectivity index (χ1) is 12.6. The maximum Gasteiger partial charge on any atom is 0.256 e. The second kappa shape index (κ2) is 7.12. The van der Waals surface area contributed by atoms with E-state index in [0.717, 1.165) is 18.4 Å². The van der Waals surface area contributed by atoms with E-state index in [4.69, 9.17) is 11.6 Å². The summed E-state index contributed by atoms with van der Waals surface area (Å²) in [5.41, 5.74) is 2.61. The van der Waals surface area contributed by atoms with E-state index >= 15 is 0 Å². The number of amides is 2. The van der Waals surface area contributed by atoms with Crippen molar-refractivity contribution in [1.29, 1.82) is 0 Å². The molecule has 2 amide bonds. The third kappa shape index (κ3) is 3.21. The van der Waals surface area contributed by atoms with E-state index < -0.39 is 0 Å². The smallest absolute Gasteiger partial charge is 0.256 e. The Bertz CT molecular complexity index is 842. The van der Waals surface area contributed by atoms with Gasteiger partial charge in [-0.3, -0.25) is 9.59 Å². The Labute approximate surface area is 158 Å². The van der Waals surface area contributed by atoms with E-state index in [2.05, 4.69) is 5.32 Å². The van der Waals surface area contributed by atoms with Gasteiger partial charge in [-0.2, -0.15) is 0 Å². The summed E-state index contributed by atoms with van der Waals surface area (Å²) in [6.07, 6.45) is 5.72. The van der Waals surface area contributed by atoms with Crippen molar-refractivity contribution in [3.63, 3.8) is 0 Å². The van der Waals surface area contributed by atoms with Gasteiger partial charge in [-0.15, -0.1) is 0 Å². The highest BCUT2D eigenvalue weighted by atomic mass is 35.5. The lowest BCUT2D eigenvalue weighted by Gasteiger charge is -2.30. The van der Waals surface area contributed by atoms with Crippen LogP contribution in [0.1, 0.15) is 58.4 Å². The number of hydrogen-bond acceptors (Lipinski definition) is 2. The van der Waals surface area contributed by atoms with Crippen LogP contribution in [-0.4, -0.2) is 22.8 Å². The molecule has 1 aliphatic heterocycles. The van der Waals surface area contributed by atoms with E-state index in [1.54, 1.807) is 30.3 Å². The minimum absolute atomic E-state index is 0.00578. The van der Waals surface area contributed by atoms with Gasteiger partial charge in [0, 0.05) is 23.3 Å². The van der Waals surface area contributed by atoms with Crippen LogP contribution in [0.5, 0.6) is 0 Å². The van der Waals surface area contributed by atoms with Crippen LogP contribution in [0.4, 0.5) is 5.69 Å². The van der Waals surface area contributed by atoms with E-state index in [9.17, 15) is 9.59 Å². The fourth-order valence-corrected chi connectivity index (χ4v) is 4.12. The normalized spacial score (nSPS) is 17.3. The monoisotopic (exact) mass is 368 g/mol. The Morgan fingerprint density at radius 3 is 2.50 bits per heavy atom. The number of anilines is 1. The fourth-order valence-electron chi connectivity index (χ4n) is 3.99. The second-order valence-corrected chi connectivity index (χ2v) is 7.46. The predicted molar refractivity (Wildman–Crippen MR) is 103 cm³/mol. The van der Waals surface area contributed by atoms with Crippen molar-refractivity contribution >= 4 is 29.1 Å². The number of benzene rings is 2. The molecule has 1 saturated carbocycles. The Morgan fingerprint density at radius 2 is 1.77 bits per heavy atom. The summed E-state index contributed by atoms with van der Waals surface area (Å²) in [5.74, 6) is -0.267. The number of halogens is 1. The number of hydrogen-bond donors (Lipinski definition) is 1. The van der Waals surface area contributed by atoms with Crippen LogP contribution in [0, 0.1) is 0 Å². The second-order valence-electron chi connectivity index (χ2n) is 7.03. The van der Waals surface area contributed by atoms with Gasteiger partial charge >= 0.3 is 0 Å². The predicted octanol–water partition coefficient (Wildman–Crippen LogP) is 4.88. The molecule has 1 fully saturated rings. The van der Waals surface area contributed by atoms with Crippen molar-refractivity contribution in [2.45, 2.75) is 44.7 Å². The van der Waals surface area contributed by atoms with E-state index in [1.807, 2.05) is 17.0 Å². The zero-order valence-corrected chi connectivity index (χ0v) is 15.3. The van der Waals surface area contributed by atoms with Gasteiger partial charge in [-0.25, -0.2) is 0 Å². The molecule has 0 atom stereocenters. The molecule has 134 valence electrons. The van der Waals surface area contributed by atoms with Gasteiger partial charge in [0.2, 0.25) is 0 Å². The number of carbonyl (C=O) groups excluding carboxylic acids is 2. The first-order valence-electron chi connectivity index (χ1n) is 9.13. The first-order valence-corrected chi connectivity index (χ1v) is 9.51. The highest BCUT2D eigenvalue weighted by Crippen LogP contribution is 2.32. The molecule has 26 heavy (non-hydrogen) atoms. The van der Waals surface area contributed by atoms with Crippen molar-refractivity contribution in [3.8, 4) is 0 Å². The van der Waals surface area contributed by atoms with Gasteiger partial charge in [-0.05, 0) is 48.7 Å². The third-order valence-electron chi connectivity index (χ3n) is 5.33. The molecule has 0 aromatic heterocycles. The Hall–Kier alpha value is -2.33. The van der Waals surface area contributed by atoms with Crippen LogP contribution in [-0.2, 0) is 6.54 Å². The molecule has 2 aromatic rings. The Kier molecular flexibility index (Phi) is 4.68. The topological polar surface area (TPSA) is 49.4 Å². The molecule has 5 heteroatoms. The summed E-state index contributed by atoms with van der Waals surface area (Å²) in [5, 5.41) is 3.47. The summed E-state index contributed by atoms with van der Waals surface area (Å²) in [6.45, 7) is 0.612. The van der Waals surface area contributed by atoms with Crippen LogP contribution in [0.15, 0.2) is 42.5 Å². The highest BCUT2D eigenvalue weighted by molar-refractivity contribution is 6.30. The van der Waals surface area contributed by atoms with Gasteiger partial charge in [-0.1, -0.05) is 43.0 Å². The summed E-state index contributed by atoms with van der Waals surface area (Å²) >= 11 is 5.89. The molecule has 0 radical (unpaired) electrons. The number of nitrogens with zero attached hydrogens (tertiary/aromatic N) is 1. The highest BCUT2D eigenvalue weighted by Gasteiger charge is 2.36. The standard InChI is InChI=1S/C21H21ClN2O2/c22-15-9-11-16(12-10-15)23-20(25)18-8-4-5-14-13-24(21(26)19(14)18)17-6-2-1-3-7-17/h4-5,8-12,17H,1-3,6-7,13H2,(H,23,25). The number of nitrogens with one attached hydrogen (secondary N) is 1. The van der Waals surface area contributed by atoms with Crippen LogP contribution < -0.4 is 5.32 Å². The molecule has 0 bridgehead atoms. The Balaban J connectivity index is 1.58. The van der Waals surface area contributed by atoms with Gasteiger partial charge in [0.05, 0.1) is 11.1 Å². The quantitative estimate of drug-likeness (QED) is 0.839. The molecular formula is C21H21ClN2O2. The SMILES string of the molecule is O=C(Nc1ccc(Cl)cc1)c1cccc2c1C(=O)N(C1CCCCC1)C2. The molecular weight excluding hydrogens is 348 g/mol. The maximum absolute atomic E-state index is 13.0. The maximum atomic E-state index is 13.0. The first kappa shape index (κ1) is 17.1. The average Bonchev–Trinajstić information content (AvgIpc) is 3.01. The van der Waals surface area contributed by atoms with Gasteiger partial charge in [0.25, 0.3) is 11.8 Å². The van der Waals surface area contributed by atoms with Crippen LogP contribution in [0.3, 0.4) is 0 Å². The molecule has 1 heterocycles. The van der Waals surface area contributed by atoms with Crippen LogP contribution in [0.25, 0.3) is 0 Å². The van der Waals surface area contributed by atoms with Crippen LogP contribution >= 0.6 is 11.6 Å². The molecule has 1 N–H and O–H groups in total. The molecule has 0 spiro atoms. The van der Waals surface area contributed by atoms with Gasteiger partial charge in [0.1, 0.15) is 0 Å². The molecule has 0 unspecified atom stereocenters. The molecule has 4 nitrogen and oxygen atoms in total. The van der Waals surface area contributed by atoms with Crippen molar-refractivity contribution in [2.24, 2.45) is 0 Å². The lowest BCUT2D eigenvalue weighted by molar-refractivity contribution is 0.0657. The zero-order valence-electron chi connectivity index (χ0n) is 14.5. The molecule has 1 aliphatic carbocycles. The van der Waals surface area contributed by atoms with Crippen molar-refractivity contribution in [2.75, 3.05) is 5.32 Å². The van der Waals surface area contributed by atoms with E-state index in [-0.39, 0.29) is 11.8 Å². The van der Waals surface area contributed by atoms with E-state index in [0.29, 0.717) is 34.4 Å². The minimum atomic E-state index is -0.261. The Morgan fingerprint density at radius 1 is 1.04 bits per heavy atom. The lowest BCUT2D eigenvalue weighted by Crippen LogP contribution is -2.37. The molecule has 4 rings (SSSR count). The zero-order chi connectivity index (χ0) is 18.1. The van der Waals surface area contributed by atoms with Gasteiger partial charge < -0.3 is 10.2 Å². The summed E-state index contributed by atoms with van der Waals surface area (Å²) in [6, 6.07) is 12.8. The number of rotatable bonds is 3. The van der Waals surface area contributed by atoms with Crippen molar-refractivity contribution < 1.29 is 9.59 Å². The lowest BCUT2D eigenvalue weighted by atomic mass is 9.94. The van der Waals surface area contributed by atoms with Gasteiger partial charge in [0.15, 0.2) is 0 Å². The summed E-state index contributed by atoms with van der Waals surface area (Å²) in [4.78, 5) is 27.8. The summed E-state index contributed by atoms with van der Waals surface area (Å²) < 4.78 is 0. The van der Waals surface area contributed by atoms with Crippen molar-refractivity contribution in [1.82, 2.24) is 4.90 Å². The summed E-state index contributed by atoms with van der Waals surface area (Å²) in [7, 11) is 0. The van der Waals surface area contributed by atoms with E-state index in [1.165, 1.54) is 19.3 Å². The van der Waals surface area contributed by atoms with Crippen LogP contribution in [0.2, 0.25) is 5.02 Å². The number of carbonyl (C=O) groups is 2. The largest absolute Gasteiger partial charge is 0.331 e. The minimum Gasteiger partial charge on any atom is -0.331 e. The number of fused-ring (bicyclic) bond motifs is 1. The molecule has 2 aliphatic rings. The fraction of sp³-hybridized carbons (Fsp3) is 0.333.